The van der Waals surface area contributed by atoms with Crippen LogP contribution in [0.3, 0.4) is 0 Å². The fourth-order valence-corrected chi connectivity index (χ4v) is 3.41. The minimum Gasteiger partial charge on any atom is -0.444 e. The second-order valence-corrected chi connectivity index (χ2v) is 8.20. The Kier molecular flexibility index (Phi) is 5.08. The van der Waals surface area contributed by atoms with Crippen LogP contribution >= 0.6 is 0 Å². The number of fused-ring (bicyclic) bond motifs is 1. The first-order valence-electron chi connectivity index (χ1n) is 9.30. The van der Waals surface area contributed by atoms with Gasteiger partial charge in [0.25, 0.3) is 0 Å². The molecule has 3 rings (SSSR count). The molecule has 0 saturated carbocycles. The first-order valence-corrected chi connectivity index (χ1v) is 9.30. The molecule has 1 fully saturated rings. The van der Waals surface area contributed by atoms with Crippen LogP contribution in [0.25, 0.3) is 10.9 Å². The monoisotopic (exact) mass is 355 g/mol. The van der Waals surface area contributed by atoms with Crippen molar-refractivity contribution in [2.45, 2.75) is 52.2 Å². The van der Waals surface area contributed by atoms with Gasteiger partial charge in [0.05, 0.1) is 17.4 Å². The summed E-state index contributed by atoms with van der Waals surface area (Å²) in [5.74, 6) is 0. The molecule has 2 heterocycles. The van der Waals surface area contributed by atoms with Gasteiger partial charge in [-0.05, 0) is 58.7 Å². The number of benzene rings is 1. The summed E-state index contributed by atoms with van der Waals surface area (Å²) in [4.78, 5) is 20.9. The molecule has 140 valence electrons. The van der Waals surface area contributed by atoms with Crippen LogP contribution in [0.15, 0.2) is 30.5 Å². The van der Waals surface area contributed by atoms with Crippen molar-refractivity contribution in [1.82, 2.24) is 9.88 Å². The number of carbonyl (C=O) groups is 1. The summed E-state index contributed by atoms with van der Waals surface area (Å²) in [7, 11) is 2.12. The smallest absolute Gasteiger partial charge is 0.410 e. The molecule has 1 aliphatic heterocycles. The van der Waals surface area contributed by atoms with Crippen LogP contribution < -0.4 is 4.90 Å². The van der Waals surface area contributed by atoms with E-state index in [4.69, 9.17) is 4.74 Å². The molecular weight excluding hydrogens is 326 g/mol. The molecule has 0 bridgehead atoms. The zero-order valence-electron chi connectivity index (χ0n) is 16.5. The molecule has 0 radical (unpaired) electrons. The van der Waals surface area contributed by atoms with E-state index in [2.05, 4.69) is 48.1 Å². The molecule has 1 aromatic carbocycles. The van der Waals surface area contributed by atoms with Crippen molar-refractivity contribution in [3.63, 3.8) is 0 Å². The second-order valence-electron chi connectivity index (χ2n) is 8.20. The quantitative estimate of drug-likeness (QED) is 0.802. The van der Waals surface area contributed by atoms with Gasteiger partial charge in [-0.2, -0.15) is 0 Å². The average Bonchev–Trinajstić information content (AvgIpc) is 2.59. The highest BCUT2D eigenvalue weighted by atomic mass is 16.6. The lowest BCUT2D eigenvalue weighted by Crippen LogP contribution is -2.47. The van der Waals surface area contributed by atoms with E-state index in [1.165, 1.54) is 10.9 Å². The van der Waals surface area contributed by atoms with Crippen LogP contribution in [-0.2, 0) is 4.74 Å². The predicted molar refractivity (Wildman–Crippen MR) is 106 cm³/mol. The molecule has 5 nitrogen and oxygen atoms in total. The van der Waals surface area contributed by atoms with E-state index in [1.54, 1.807) is 0 Å². The molecule has 1 saturated heterocycles. The van der Waals surface area contributed by atoms with Crippen molar-refractivity contribution in [3.8, 4) is 0 Å². The first-order chi connectivity index (χ1) is 12.2. The Bertz CT molecular complexity index is 789. The third-order valence-corrected chi connectivity index (χ3v) is 4.89. The maximum Gasteiger partial charge on any atom is 0.410 e. The highest BCUT2D eigenvalue weighted by Gasteiger charge is 2.28. The van der Waals surface area contributed by atoms with E-state index < -0.39 is 5.60 Å². The van der Waals surface area contributed by atoms with Crippen LogP contribution in [0.2, 0.25) is 0 Å². The molecule has 1 amide bonds. The Morgan fingerprint density at radius 3 is 2.58 bits per heavy atom. The highest BCUT2D eigenvalue weighted by Crippen LogP contribution is 2.25. The minimum absolute atomic E-state index is 0.207. The lowest BCUT2D eigenvalue weighted by atomic mass is 10.0. The van der Waals surface area contributed by atoms with Crippen LogP contribution in [-0.4, -0.2) is 47.8 Å². The van der Waals surface area contributed by atoms with Crippen LogP contribution in [0.4, 0.5) is 10.5 Å². The Labute approximate surface area is 156 Å². The van der Waals surface area contributed by atoms with Gasteiger partial charge in [0.2, 0.25) is 0 Å². The summed E-state index contributed by atoms with van der Waals surface area (Å²) >= 11 is 0. The zero-order valence-corrected chi connectivity index (χ0v) is 16.5. The number of rotatable bonds is 2. The second kappa shape index (κ2) is 7.14. The largest absolute Gasteiger partial charge is 0.444 e. The number of pyridine rings is 1. The molecule has 26 heavy (non-hydrogen) atoms. The molecular formula is C21H29N3O2. The van der Waals surface area contributed by atoms with E-state index in [-0.39, 0.29) is 6.09 Å². The minimum atomic E-state index is -0.445. The van der Waals surface area contributed by atoms with Gasteiger partial charge in [0, 0.05) is 31.6 Å². The number of carbonyl (C=O) groups excluding carboxylic acids is 1. The first kappa shape index (κ1) is 18.5. The van der Waals surface area contributed by atoms with Gasteiger partial charge in [-0.3, -0.25) is 4.98 Å². The number of ether oxygens (including phenoxy) is 1. The van der Waals surface area contributed by atoms with Crippen molar-refractivity contribution >= 4 is 22.7 Å². The fraction of sp³-hybridized carbons (Fsp3) is 0.524. The summed E-state index contributed by atoms with van der Waals surface area (Å²) in [5.41, 5.74) is 2.94. The van der Waals surface area contributed by atoms with Crippen molar-refractivity contribution < 1.29 is 9.53 Å². The van der Waals surface area contributed by atoms with Gasteiger partial charge < -0.3 is 14.5 Å². The maximum absolute atomic E-state index is 12.2. The molecule has 1 aliphatic rings. The van der Waals surface area contributed by atoms with Crippen LogP contribution in [0, 0.1) is 6.92 Å². The van der Waals surface area contributed by atoms with E-state index in [0.29, 0.717) is 6.04 Å². The molecule has 0 N–H and O–H groups in total. The standard InChI is InChI=1S/C21H29N3O2/c1-15-6-7-19-16(12-15)13-18(14-22-19)23(5)17-8-10-24(11-9-17)20(25)26-21(2,3)4/h6-7,12-14,17H,8-11H2,1-5H3. The van der Waals surface area contributed by atoms with Crippen LogP contribution in [0.1, 0.15) is 39.2 Å². The van der Waals surface area contributed by atoms with Crippen molar-refractivity contribution in [2.24, 2.45) is 0 Å². The SMILES string of the molecule is Cc1ccc2ncc(N(C)C3CCN(C(=O)OC(C)(C)C)CC3)cc2c1. The lowest BCUT2D eigenvalue weighted by Gasteiger charge is -2.38. The molecule has 0 aliphatic carbocycles. The van der Waals surface area contributed by atoms with Gasteiger partial charge >= 0.3 is 6.09 Å². The van der Waals surface area contributed by atoms with Crippen LogP contribution in [0.5, 0.6) is 0 Å². The molecule has 5 heteroatoms. The Morgan fingerprint density at radius 1 is 1.23 bits per heavy atom. The molecule has 0 atom stereocenters. The van der Waals surface area contributed by atoms with E-state index >= 15 is 0 Å². The summed E-state index contributed by atoms with van der Waals surface area (Å²) in [6.45, 7) is 9.26. The van der Waals surface area contributed by atoms with Gasteiger partial charge in [-0.15, -0.1) is 0 Å². The normalized spacial score (nSPS) is 16.0. The summed E-state index contributed by atoms with van der Waals surface area (Å²) < 4.78 is 5.48. The third kappa shape index (κ3) is 4.26. The van der Waals surface area contributed by atoms with Gasteiger partial charge in [-0.1, -0.05) is 11.6 Å². The summed E-state index contributed by atoms with van der Waals surface area (Å²) in [6, 6.07) is 8.93. The molecule has 0 unspecified atom stereocenters. The number of hydrogen-bond acceptors (Lipinski definition) is 4. The van der Waals surface area contributed by atoms with Crippen molar-refractivity contribution in [3.05, 3.63) is 36.0 Å². The van der Waals surface area contributed by atoms with E-state index in [9.17, 15) is 4.79 Å². The van der Waals surface area contributed by atoms with Gasteiger partial charge in [0.15, 0.2) is 0 Å². The average molecular weight is 355 g/mol. The number of amides is 1. The zero-order chi connectivity index (χ0) is 18.9. The fourth-order valence-electron chi connectivity index (χ4n) is 3.41. The third-order valence-electron chi connectivity index (χ3n) is 4.89. The van der Waals surface area contributed by atoms with Crippen molar-refractivity contribution in [1.29, 1.82) is 0 Å². The number of likely N-dealkylation sites (tertiary alicyclic amines) is 1. The number of nitrogens with zero attached hydrogens (tertiary/aromatic N) is 3. The number of piperidine rings is 1. The molecule has 2 aromatic rings. The number of aryl methyl sites for hydroxylation is 1. The number of aromatic nitrogens is 1. The summed E-state index contributed by atoms with van der Waals surface area (Å²) in [5, 5.41) is 1.17. The lowest BCUT2D eigenvalue weighted by molar-refractivity contribution is 0.0205. The Balaban J connectivity index is 1.65. The van der Waals surface area contributed by atoms with Crippen molar-refractivity contribution in [2.75, 3.05) is 25.0 Å². The summed E-state index contributed by atoms with van der Waals surface area (Å²) in [6.07, 6.45) is 3.60. The Morgan fingerprint density at radius 2 is 1.92 bits per heavy atom. The number of anilines is 1. The Hall–Kier alpha value is -2.30. The topological polar surface area (TPSA) is 45.7 Å². The van der Waals surface area contributed by atoms with E-state index in [1.807, 2.05) is 31.9 Å². The maximum atomic E-state index is 12.2. The molecule has 0 spiro atoms. The van der Waals surface area contributed by atoms with E-state index in [0.717, 1.165) is 37.1 Å². The van der Waals surface area contributed by atoms with Gasteiger partial charge in [0.1, 0.15) is 5.60 Å². The number of hydrogen-bond donors (Lipinski definition) is 0. The predicted octanol–water partition coefficient (Wildman–Crippen LogP) is 4.38. The highest BCUT2D eigenvalue weighted by molar-refractivity contribution is 5.82. The molecule has 1 aromatic heterocycles. The van der Waals surface area contributed by atoms with Gasteiger partial charge in [-0.25, -0.2) is 4.79 Å².